The Kier molecular flexibility index (Phi) is 6.21. The van der Waals surface area contributed by atoms with E-state index >= 15 is 0 Å². The molecule has 3 heterocycles. The van der Waals surface area contributed by atoms with Gasteiger partial charge in [-0.2, -0.15) is 4.98 Å². The van der Waals surface area contributed by atoms with Gasteiger partial charge in [0.1, 0.15) is 0 Å². The molecule has 0 radical (unpaired) electrons. The third-order valence-corrected chi connectivity index (χ3v) is 7.56. The van der Waals surface area contributed by atoms with Crippen molar-refractivity contribution in [1.29, 1.82) is 0 Å². The van der Waals surface area contributed by atoms with Crippen LogP contribution in [0.1, 0.15) is 37.3 Å². The molecule has 2 aromatic carbocycles. The van der Waals surface area contributed by atoms with Crippen LogP contribution in [0, 0.1) is 6.92 Å². The Balaban J connectivity index is 1.41. The molecule has 4 aromatic rings. The van der Waals surface area contributed by atoms with Crippen LogP contribution in [0.2, 0.25) is 0 Å². The molecule has 190 valence electrons. The van der Waals surface area contributed by atoms with Crippen molar-refractivity contribution >= 4 is 34.2 Å². The zero-order valence-corrected chi connectivity index (χ0v) is 21.1. The molecule has 2 aliphatic rings. The second kappa shape index (κ2) is 9.82. The number of anilines is 4. The zero-order chi connectivity index (χ0) is 25.4. The Hall–Kier alpha value is -3.98. The monoisotopic (exact) mass is 496 g/mol. The molecule has 2 aromatic heterocycles. The lowest BCUT2D eigenvalue weighted by atomic mass is 9.99. The van der Waals surface area contributed by atoms with Gasteiger partial charge in [0.2, 0.25) is 5.95 Å². The molecule has 0 spiro atoms. The maximum Gasteiger partial charge on any atom is 0.262 e. The molecule has 9 heteroatoms. The van der Waals surface area contributed by atoms with Crippen LogP contribution in [0.4, 0.5) is 23.0 Å². The number of piperazine rings is 1. The minimum atomic E-state index is -0.113. The number of hydrogen-bond acceptors (Lipinski definition) is 8. The lowest BCUT2D eigenvalue weighted by molar-refractivity contribution is 0.516. The Morgan fingerprint density at radius 1 is 1.00 bits per heavy atom. The van der Waals surface area contributed by atoms with Crippen molar-refractivity contribution in [2.24, 2.45) is 0 Å². The molecular weight excluding hydrogens is 464 g/mol. The maximum atomic E-state index is 14.0. The Labute approximate surface area is 215 Å². The molecule has 1 aliphatic carbocycles. The molecule has 0 unspecified atom stereocenters. The lowest BCUT2D eigenvalue weighted by Crippen LogP contribution is -2.43. The summed E-state index contributed by atoms with van der Waals surface area (Å²) in [5, 5.41) is 15.5. The topological polar surface area (TPSA) is 114 Å². The van der Waals surface area contributed by atoms with Gasteiger partial charge in [0, 0.05) is 43.6 Å². The van der Waals surface area contributed by atoms with E-state index < -0.39 is 0 Å². The molecule has 4 N–H and O–H groups in total. The number of benzene rings is 2. The number of pyridine rings is 1. The molecular formula is C28H32N8O. The van der Waals surface area contributed by atoms with E-state index in [1.54, 1.807) is 0 Å². The van der Waals surface area contributed by atoms with Gasteiger partial charge in [0.05, 0.1) is 11.3 Å². The van der Waals surface area contributed by atoms with Gasteiger partial charge in [-0.3, -0.25) is 9.36 Å². The number of nitrogens with zero attached hydrogens (tertiary/aromatic N) is 5. The number of rotatable bonds is 5. The van der Waals surface area contributed by atoms with E-state index in [-0.39, 0.29) is 11.6 Å². The number of nitrogen functional groups attached to an aromatic ring is 1. The van der Waals surface area contributed by atoms with Crippen molar-refractivity contribution in [2.45, 2.75) is 38.6 Å². The summed E-state index contributed by atoms with van der Waals surface area (Å²) < 4.78 is 1.81. The van der Waals surface area contributed by atoms with Gasteiger partial charge in [-0.05, 0) is 55.2 Å². The molecule has 0 amide bonds. The van der Waals surface area contributed by atoms with E-state index in [4.69, 9.17) is 10.7 Å². The summed E-state index contributed by atoms with van der Waals surface area (Å²) >= 11 is 0. The van der Waals surface area contributed by atoms with Crippen LogP contribution in [0.15, 0.2) is 53.3 Å². The van der Waals surface area contributed by atoms with Crippen molar-refractivity contribution < 1.29 is 0 Å². The van der Waals surface area contributed by atoms with E-state index in [2.05, 4.69) is 37.9 Å². The summed E-state index contributed by atoms with van der Waals surface area (Å²) in [5.41, 5.74) is 12.1. The van der Waals surface area contributed by atoms with Gasteiger partial charge in [0.15, 0.2) is 11.2 Å². The summed E-state index contributed by atoms with van der Waals surface area (Å²) in [5.74, 6) is 0.344. The van der Waals surface area contributed by atoms with Crippen LogP contribution in [0.3, 0.4) is 0 Å². The van der Waals surface area contributed by atoms with Gasteiger partial charge < -0.3 is 21.3 Å². The molecule has 0 bridgehead atoms. The van der Waals surface area contributed by atoms with Crippen molar-refractivity contribution in [2.75, 3.05) is 42.1 Å². The van der Waals surface area contributed by atoms with Gasteiger partial charge in [-0.15, -0.1) is 10.2 Å². The first-order valence-corrected chi connectivity index (χ1v) is 13.1. The third kappa shape index (κ3) is 4.40. The van der Waals surface area contributed by atoms with Crippen LogP contribution < -0.4 is 26.8 Å². The van der Waals surface area contributed by atoms with E-state index in [9.17, 15) is 4.79 Å². The van der Waals surface area contributed by atoms with Crippen LogP contribution in [-0.2, 0) is 0 Å². The number of nitrogens with one attached hydrogen (secondary N) is 2. The first-order valence-electron chi connectivity index (χ1n) is 13.1. The van der Waals surface area contributed by atoms with Crippen LogP contribution in [0.5, 0.6) is 0 Å². The first-order chi connectivity index (χ1) is 18.1. The van der Waals surface area contributed by atoms with Gasteiger partial charge >= 0.3 is 0 Å². The Morgan fingerprint density at radius 2 is 1.73 bits per heavy atom. The summed E-state index contributed by atoms with van der Waals surface area (Å²) in [4.78, 5) is 21.1. The molecule has 37 heavy (non-hydrogen) atoms. The van der Waals surface area contributed by atoms with E-state index in [1.165, 1.54) is 5.69 Å². The Morgan fingerprint density at radius 3 is 2.46 bits per heavy atom. The molecule has 0 atom stereocenters. The van der Waals surface area contributed by atoms with Gasteiger partial charge in [-0.25, -0.2) is 0 Å². The SMILES string of the molecule is Cc1ccccc1-c1c(N)c2nnc(Nc3ccc(N4CCNCC4)cc3)nc2n(C2CCCC2)c1=O. The number of aromatic nitrogens is 4. The highest BCUT2D eigenvalue weighted by atomic mass is 16.1. The van der Waals surface area contributed by atoms with Gasteiger partial charge in [-0.1, -0.05) is 37.1 Å². The lowest BCUT2D eigenvalue weighted by Gasteiger charge is -2.29. The van der Waals surface area contributed by atoms with E-state index in [0.29, 0.717) is 28.4 Å². The third-order valence-electron chi connectivity index (χ3n) is 7.56. The first kappa shape index (κ1) is 23.4. The molecule has 1 aliphatic heterocycles. The second-order valence-electron chi connectivity index (χ2n) is 9.93. The molecule has 6 rings (SSSR count). The largest absolute Gasteiger partial charge is 0.396 e. The standard InChI is InChI=1S/C28H32N8O/c1-18-6-2-5-9-22(18)23-24(29)25-26(36(27(23)37)21-7-3-4-8-21)32-28(34-33-25)31-19-10-12-20(13-11-19)35-16-14-30-15-17-35/h2,5-6,9-13,21,30H,3-4,7-8,14-17,29H2,1H3,(H,31,32,34). The van der Waals surface area contributed by atoms with Crippen LogP contribution >= 0.6 is 0 Å². The summed E-state index contributed by atoms with van der Waals surface area (Å²) in [7, 11) is 0. The number of hydrogen-bond donors (Lipinski definition) is 3. The predicted octanol–water partition coefficient (Wildman–Crippen LogP) is 4.01. The molecule has 9 nitrogen and oxygen atoms in total. The van der Waals surface area contributed by atoms with Gasteiger partial charge in [0.25, 0.3) is 5.56 Å². The number of fused-ring (bicyclic) bond motifs is 1. The smallest absolute Gasteiger partial charge is 0.262 e. The highest BCUT2D eigenvalue weighted by molar-refractivity contribution is 5.94. The van der Waals surface area contributed by atoms with Crippen LogP contribution in [0.25, 0.3) is 22.3 Å². The highest BCUT2D eigenvalue weighted by Crippen LogP contribution is 2.35. The van der Waals surface area contributed by atoms with Crippen molar-refractivity contribution in [3.05, 3.63) is 64.4 Å². The summed E-state index contributed by atoms with van der Waals surface area (Å²) in [6.07, 6.45) is 4.05. The zero-order valence-electron chi connectivity index (χ0n) is 21.1. The quantitative estimate of drug-likeness (QED) is 0.380. The average Bonchev–Trinajstić information content (AvgIpc) is 3.45. The summed E-state index contributed by atoms with van der Waals surface area (Å²) in [6, 6.07) is 16.1. The molecule has 2 fully saturated rings. The van der Waals surface area contributed by atoms with Crippen molar-refractivity contribution in [1.82, 2.24) is 25.1 Å². The number of aryl methyl sites for hydroxylation is 1. The van der Waals surface area contributed by atoms with E-state index in [0.717, 1.165) is 68.7 Å². The summed E-state index contributed by atoms with van der Waals surface area (Å²) in [6.45, 7) is 5.97. The van der Waals surface area contributed by atoms with E-state index in [1.807, 2.05) is 47.9 Å². The highest BCUT2D eigenvalue weighted by Gasteiger charge is 2.26. The average molecular weight is 497 g/mol. The second-order valence-corrected chi connectivity index (χ2v) is 9.93. The van der Waals surface area contributed by atoms with Crippen LogP contribution in [-0.4, -0.2) is 45.9 Å². The predicted molar refractivity (Wildman–Crippen MR) is 148 cm³/mol. The fourth-order valence-electron chi connectivity index (χ4n) is 5.59. The normalized spacial score (nSPS) is 16.4. The molecule has 1 saturated heterocycles. The minimum absolute atomic E-state index is 0.0706. The Bertz CT molecular complexity index is 1490. The maximum absolute atomic E-state index is 14.0. The molecule has 1 saturated carbocycles. The minimum Gasteiger partial charge on any atom is -0.396 e. The fourth-order valence-corrected chi connectivity index (χ4v) is 5.59. The fraction of sp³-hybridized carbons (Fsp3) is 0.357. The van der Waals surface area contributed by atoms with Crippen molar-refractivity contribution in [3.8, 4) is 11.1 Å². The number of nitrogens with two attached hydrogens (primary N) is 1. The van der Waals surface area contributed by atoms with Crippen molar-refractivity contribution in [3.63, 3.8) is 0 Å².